The number of aliphatic hydroxyl groups is 1. The van der Waals surface area contributed by atoms with Gasteiger partial charge in [-0.15, -0.1) is 0 Å². The zero-order chi connectivity index (χ0) is 12.3. The van der Waals surface area contributed by atoms with Crippen molar-refractivity contribution in [3.05, 3.63) is 28.8 Å². The Bertz CT molecular complexity index is 376. The van der Waals surface area contributed by atoms with E-state index >= 15 is 0 Å². The van der Waals surface area contributed by atoms with Gasteiger partial charge in [0.15, 0.2) is 0 Å². The summed E-state index contributed by atoms with van der Waals surface area (Å²) < 4.78 is 32.3. The Hall–Kier alpha value is -1.16. The van der Waals surface area contributed by atoms with Crippen molar-refractivity contribution in [1.82, 2.24) is 0 Å². The monoisotopic (exact) mass is 230 g/mol. The lowest BCUT2D eigenvalue weighted by Gasteiger charge is -2.19. The van der Waals surface area contributed by atoms with E-state index in [0.29, 0.717) is 16.9 Å². The summed E-state index contributed by atoms with van der Waals surface area (Å²) in [4.78, 5) is 0. The first kappa shape index (κ1) is 12.9. The van der Waals surface area contributed by atoms with Crippen LogP contribution in [0.2, 0.25) is 0 Å². The minimum absolute atomic E-state index is 0.0418. The van der Waals surface area contributed by atoms with Gasteiger partial charge in [-0.3, -0.25) is 0 Å². The quantitative estimate of drug-likeness (QED) is 0.861. The first-order valence-corrected chi connectivity index (χ1v) is 5.06. The zero-order valence-electron chi connectivity index (χ0n) is 9.68. The van der Waals surface area contributed by atoms with Crippen LogP contribution in [0.15, 0.2) is 12.1 Å². The summed E-state index contributed by atoms with van der Waals surface area (Å²) in [5.41, 5.74) is 1.10. The predicted octanol–water partition coefficient (Wildman–Crippen LogP) is 2.79. The maximum absolute atomic E-state index is 13.6. The molecular weight excluding hydrogens is 214 g/mol. The van der Waals surface area contributed by atoms with Crippen molar-refractivity contribution in [2.24, 2.45) is 0 Å². The Labute approximate surface area is 93.9 Å². The number of hydrogen-bond donors (Lipinski definition) is 1. The van der Waals surface area contributed by atoms with E-state index in [1.165, 1.54) is 13.2 Å². The lowest BCUT2D eigenvalue weighted by molar-refractivity contribution is -0.0275. The molecular formula is C12H16F2O2. The number of methoxy groups -OCH3 is 1. The number of halogens is 2. The molecule has 0 heterocycles. The second-order valence-corrected chi connectivity index (χ2v) is 3.81. The molecule has 0 fully saturated rings. The Morgan fingerprint density at radius 2 is 1.88 bits per heavy atom. The maximum Gasteiger partial charge on any atom is 0.275 e. The molecule has 16 heavy (non-hydrogen) atoms. The first-order chi connectivity index (χ1) is 7.42. The van der Waals surface area contributed by atoms with Crippen molar-refractivity contribution >= 4 is 0 Å². The molecule has 0 saturated heterocycles. The van der Waals surface area contributed by atoms with Crippen LogP contribution in [0.1, 0.15) is 23.1 Å². The molecule has 1 aromatic carbocycles. The predicted molar refractivity (Wildman–Crippen MR) is 58.1 cm³/mol. The number of rotatable bonds is 4. The average Bonchev–Trinajstić information content (AvgIpc) is 2.20. The molecule has 2 nitrogen and oxygen atoms in total. The Kier molecular flexibility index (Phi) is 3.86. The molecule has 1 N–H and O–H groups in total. The molecule has 0 aliphatic heterocycles. The molecule has 0 unspecified atom stereocenters. The smallest absolute Gasteiger partial charge is 0.275 e. The van der Waals surface area contributed by atoms with Crippen molar-refractivity contribution in [3.63, 3.8) is 0 Å². The van der Waals surface area contributed by atoms with Crippen LogP contribution < -0.4 is 4.74 Å². The van der Waals surface area contributed by atoms with Gasteiger partial charge in [0.1, 0.15) is 5.75 Å². The molecule has 90 valence electrons. The summed E-state index contributed by atoms with van der Waals surface area (Å²) in [5.74, 6) is -2.39. The molecule has 0 aromatic heterocycles. The molecule has 0 aliphatic rings. The molecule has 0 spiro atoms. The van der Waals surface area contributed by atoms with Gasteiger partial charge in [0.05, 0.1) is 7.11 Å². The summed E-state index contributed by atoms with van der Waals surface area (Å²) in [6, 6.07) is 3.01. The largest absolute Gasteiger partial charge is 0.496 e. The topological polar surface area (TPSA) is 29.5 Å². The second kappa shape index (κ2) is 4.78. The number of hydrogen-bond acceptors (Lipinski definition) is 2. The number of aryl methyl sites for hydroxylation is 2. The van der Waals surface area contributed by atoms with Crippen LogP contribution in [0.3, 0.4) is 0 Å². The van der Waals surface area contributed by atoms with Gasteiger partial charge in [0, 0.05) is 18.6 Å². The normalized spacial score (nSPS) is 11.6. The number of ether oxygens (including phenoxy) is 1. The fourth-order valence-corrected chi connectivity index (χ4v) is 1.68. The van der Waals surface area contributed by atoms with Gasteiger partial charge in [-0.1, -0.05) is 0 Å². The molecule has 4 heteroatoms. The van der Waals surface area contributed by atoms with Crippen LogP contribution >= 0.6 is 0 Å². The lowest BCUT2D eigenvalue weighted by atomic mass is 9.97. The third kappa shape index (κ3) is 2.50. The average molecular weight is 230 g/mol. The highest BCUT2D eigenvalue weighted by Crippen LogP contribution is 2.36. The highest BCUT2D eigenvalue weighted by atomic mass is 19.3. The molecule has 0 radical (unpaired) electrons. The molecule has 0 saturated carbocycles. The van der Waals surface area contributed by atoms with Gasteiger partial charge in [0.2, 0.25) is 0 Å². The summed E-state index contributed by atoms with van der Waals surface area (Å²) >= 11 is 0. The van der Waals surface area contributed by atoms with Crippen LogP contribution in [-0.4, -0.2) is 18.8 Å². The maximum atomic E-state index is 13.6. The van der Waals surface area contributed by atoms with Crippen LogP contribution in [0, 0.1) is 13.8 Å². The summed E-state index contributed by atoms with van der Waals surface area (Å²) in [6.07, 6.45) is -0.556. The standard InChI is InChI=1S/C12H16F2O2/c1-8-7-11(16-3)9(2)6-10(8)12(13,14)4-5-15/h6-7,15H,4-5H2,1-3H3. The zero-order valence-corrected chi connectivity index (χ0v) is 9.68. The second-order valence-electron chi connectivity index (χ2n) is 3.81. The van der Waals surface area contributed by atoms with Crippen molar-refractivity contribution in [2.75, 3.05) is 13.7 Å². The molecule has 0 bridgehead atoms. The first-order valence-electron chi connectivity index (χ1n) is 5.06. The fourth-order valence-electron chi connectivity index (χ4n) is 1.68. The minimum atomic E-state index is -2.99. The van der Waals surface area contributed by atoms with Crippen LogP contribution in [0.25, 0.3) is 0 Å². The third-order valence-corrected chi connectivity index (χ3v) is 2.56. The fraction of sp³-hybridized carbons (Fsp3) is 0.500. The summed E-state index contributed by atoms with van der Waals surface area (Å²) in [5, 5.41) is 8.62. The third-order valence-electron chi connectivity index (χ3n) is 2.56. The number of alkyl halides is 2. The van der Waals surface area contributed by atoms with E-state index in [1.807, 2.05) is 0 Å². The summed E-state index contributed by atoms with van der Waals surface area (Å²) in [6.45, 7) is 2.80. The lowest BCUT2D eigenvalue weighted by Crippen LogP contribution is -2.17. The van der Waals surface area contributed by atoms with Gasteiger partial charge in [-0.05, 0) is 37.1 Å². The van der Waals surface area contributed by atoms with Crippen LogP contribution in [0.5, 0.6) is 5.75 Å². The molecule has 1 aromatic rings. The molecule has 1 rings (SSSR count). The Morgan fingerprint density at radius 3 is 2.38 bits per heavy atom. The highest BCUT2D eigenvalue weighted by molar-refractivity contribution is 5.43. The molecule has 0 atom stereocenters. The van der Waals surface area contributed by atoms with Gasteiger partial charge in [0.25, 0.3) is 5.92 Å². The van der Waals surface area contributed by atoms with Gasteiger partial charge >= 0.3 is 0 Å². The van der Waals surface area contributed by atoms with E-state index in [9.17, 15) is 8.78 Å². The van der Waals surface area contributed by atoms with E-state index < -0.39 is 19.0 Å². The highest BCUT2D eigenvalue weighted by Gasteiger charge is 2.32. The van der Waals surface area contributed by atoms with E-state index in [4.69, 9.17) is 9.84 Å². The molecule has 0 amide bonds. The number of aliphatic hydroxyl groups excluding tert-OH is 1. The van der Waals surface area contributed by atoms with Gasteiger partial charge in [-0.2, -0.15) is 0 Å². The van der Waals surface area contributed by atoms with Gasteiger partial charge in [-0.25, -0.2) is 8.78 Å². The van der Waals surface area contributed by atoms with Crippen molar-refractivity contribution in [3.8, 4) is 5.75 Å². The van der Waals surface area contributed by atoms with E-state index in [2.05, 4.69) is 0 Å². The van der Waals surface area contributed by atoms with Crippen molar-refractivity contribution in [2.45, 2.75) is 26.2 Å². The summed E-state index contributed by atoms with van der Waals surface area (Å²) in [7, 11) is 1.51. The Balaban J connectivity index is 3.20. The van der Waals surface area contributed by atoms with Gasteiger partial charge < -0.3 is 9.84 Å². The van der Waals surface area contributed by atoms with Crippen molar-refractivity contribution < 1.29 is 18.6 Å². The van der Waals surface area contributed by atoms with Crippen LogP contribution in [-0.2, 0) is 5.92 Å². The minimum Gasteiger partial charge on any atom is -0.496 e. The molecule has 0 aliphatic carbocycles. The van der Waals surface area contributed by atoms with E-state index in [1.54, 1.807) is 19.9 Å². The van der Waals surface area contributed by atoms with Crippen molar-refractivity contribution in [1.29, 1.82) is 0 Å². The van der Waals surface area contributed by atoms with E-state index in [-0.39, 0.29) is 5.56 Å². The SMILES string of the molecule is COc1cc(C)c(C(F)(F)CCO)cc1C. The van der Waals surface area contributed by atoms with E-state index in [0.717, 1.165) is 0 Å². The Morgan fingerprint density at radius 1 is 1.25 bits per heavy atom. The number of benzene rings is 1. The van der Waals surface area contributed by atoms with Crippen LogP contribution in [0.4, 0.5) is 8.78 Å².